The van der Waals surface area contributed by atoms with Gasteiger partial charge in [0.15, 0.2) is 0 Å². The Hall–Kier alpha value is -10.0. The molecule has 2 nitrogen and oxygen atoms in total. The molecule has 0 saturated heterocycles. The van der Waals surface area contributed by atoms with Crippen LogP contribution in [0.5, 0.6) is 0 Å². The van der Waals surface area contributed by atoms with E-state index in [1.807, 2.05) is 158 Å². The smallest absolute Gasteiger partial charge is 0.423 e. The fourth-order valence-corrected chi connectivity index (χ4v) is 15.6. The molecule has 2 aromatic heterocycles. The summed E-state index contributed by atoms with van der Waals surface area (Å²) in [4.78, 5) is 0. The number of fused-ring (bicyclic) bond motifs is 12. The maximum absolute atomic E-state index is 9.33. The number of hydrogen-bond donors (Lipinski definition) is 2. The molecule has 0 saturated carbocycles. The quantitative estimate of drug-likeness (QED) is 0.129. The van der Waals surface area contributed by atoms with Crippen molar-refractivity contribution in [1.29, 1.82) is 0 Å². The fourth-order valence-electron chi connectivity index (χ4n) is 12.5. The summed E-state index contributed by atoms with van der Waals surface area (Å²) >= 11 is 6.56. The van der Waals surface area contributed by atoms with E-state index in [0.29, 0.717) is 38.8 Å². The number of rotatable bonds is 6. The molecule has 0 aliphatic rings. The second kappa shape index (κ2) is 23.5. The first-order valence-electron chi connectivity index (χ1n) is 37.0. The SMILES string of the molecule is OB(O)c1ccc(-c2cccc3ccccc23)cc1.[2H]c1c([2H])c([2H])c2c(-c3cccc4c3sc3ccccc34)c3c([2H])c([2H])c([2H])c([2H])c3c(-c3ccc(-c4cccc5ccccc45)cc3)c2c1[2H].[2H]c1c([2H])c([2H])c2c(-c3cccc4c3sc3ccccc34)c3c([2H])c([2H])c([2H])c([2H])c3c(Br)c2c1[2H]. The van der Waals surface area contributed by atoms with Gasteiger partial charge >= 0.3 is 7.12 Å². The topological polar surface area (TPSA) is 40.5 Å². The maximum Gasteiger partial charge on any atom is 0.488 e. The number of hydrogen-bond acceptors (Lipinski definition) is 4. The van der Waals surface area contributed by atoms with E-state index in [0.717, 1.165) is 73.4 Å². The standard InChI is InChI=1S/C42H26S.C26H15BrS.C16H13BO2/c1-2-13-30-27(11-1)12-9-19-31(30)28-23-25-29(26-24-28)40-33-15-3-5-17-35(33)41(36-18-6-4-16-34(36)40)38-21-10-20-37-32-14-7-8-22-39(32)43-42(37)38;27-25-19-11-3-1-9-17(19)24(18-10-2-4-12-20(18)25)22-14-7-13-21-16-8-5-6-15-23(16)28-26(21)22;18-17(19)14-10-8-13(9-11-14)16-7-3-5-12-4-1-2-6-15(12)16/h1-26H;1-15H;1-11,18-19H/i3D,4D,5D,6D,15D,16D,17D,18D;1D,2D,3D,4D,9D,10D,11D,12D;. The zero-order valence-electron chi connectivity index (χ0n) is 63.5. The molecule has 0 unspecified atom stereocenters. The molecule has 0 radical (unpaired) electrons. The minimum atomic E-state index is -1.42. The minimum Gasteiger partial charge on any atom is -0.423 e. The van der Waals surface area contributed by atoms with Gasteiger partial charge in [-0.1, -0.05) is 303 Å². The molecule has 2 heterocycles. The average Bonchev–Trinajstić information content (AvgIpc) is 0.867. The highest BCUT2D eigenvalue weighted by molar-refractivity contribution is 9.10. The van der Waals surface area contributed by atoms with Crippen molar-refractivity contribution in [3.05, 3.63) is 320 Å². The van der Waals surface area contributed by atoms with Crippen molar-refractivity contribution < 1.29 is 32.0 Å². The molecule has 18 rings (SSSR count). The van der Waals surface area contributed by atoms with E-state index in [2.05, 4.69) is 64.5 Å². The van der Waals surface area contributed by atoms with Gasteiger partial charge in [-0.3, -0.25) is 0 Å². The monoisotopic (exact) mass is 1260 g/mol. The second-order valence-electron chi connectivity index (χ2n) is 21.6. The lowest BCUT2D eigenvalue weighted by Gasteiger charge is -2.18. The lowest BCUT2D eigenvalue weighted by atomic mass is 9.79. The fraction of sp³-hybridized carbons (Fsp3) is 0. The van der Waals surface area contributed by atoms with Gasteiger partial charge < -0.3 is 10.0 Å². The highest BCUT2D eigenvalue weighted by Gasteiger charge is 2.21. The van der Waals surface area contributed by atoms with Crippen LogP contribution in [0, 0.1) is 0 Å². The largest absolute Gasteiger partial charge is 0.488 e. The Morgan fingerprint density at radius 1 is 0.278 bits per heavy atom. The van der Waals surface area contributed by atoms with Gasteiger partial charge in [0.05, 0.1) is 21.9 Å². The minimum absolute atomic E-state index is 0.187. The molecule has 0 amide bonds. The van der Waals surface area contributed by atoms with Crippen molar-refractivity contribution in [2.45, 2.75) is 0 Å². The molecule has 18 aromatic rings. The van der Waals surface area contributed by atoms with E-state index >= 15 is 0 Å². The van der Waals surface area contributed by atoms with Crippen LogP contribution >= 0.6 is 38.6 Å². The average molecular weight is 1270 g/mol. The lowest BCUT2D eigenvalue weighted by Crippen LogP contribution is -2.29. The first-order chi connectivity index (χ1) is 51.1. The predicted molar refractivity (Wildman–Crippen MR) is 395 cm³/mol. The Bertz CT molecular complexity index is 6620. The van der Waals surface area contributed by atoms with Crippen molar-refractivity contribution >= 4 is 156 Å². The van der Waals surface area contributed by atoms with Gasteiger partial charge in [0.1, 0.15) is 0 Å². The molecule has 0 atom stereocenters. The molecule has 0 aliphatic carbocycles. The first kappa shape index (κ1) is 40.5. The van der Waals surface area contributed by atoms with Crippen molar-refractivity contribution in [1.82, 2.24) is 0 Å². The Kier molecular flexibility index (Phi) is 10.6. The number of thiophene rings is 2. The summed E-state index contributed by atoms with van der Waals surface area (Å²) in [5.74, 6) is 0. The van der Waals surface area contributed by atoms with Crippen molar-refractivity contribution in [2.24, 2.45) is 0 Å². The summed E-state index contributed by atoms with van der Waals surface area (Å²) < 4.78 is 145. The molecule has 0 spiro atoms. The van der Waals surface area contributed by atoms with Gasteiger partial charge in [0.2, 0.25) is 0 Å². The van der Waals surface area contributed by atoms with Gasteiger partial charge in [0, 0.05) is 55.9 Å². The van der Waals surface area contributed by atoms with E-state index in [4.69, 9.17) is 26.5 Å². The van der Waals surface area contributed by atoms with E-state index in [9.17, 15) is 5.48 Å². The third-order valence-electron chi connectivity index (χ3n) is 16.6. The molecule has 6 heteroatoms. The van der Waals surface area contributed by atoms with E-state index in [-0.39, 0.29) is 95.9 Å². The van der Waals surface area contributed by atoms with Crippen LogP contribution in [0.25, 0.3) is 161 Å². The Balaban J connectivity index is 0.000000135. The molecule has 90 heavy (non-hydrogen) atoms. The van der Waals surface area contributed by atoms with Gasteiger partial charge in [-0.15, -0.1) is 22.7 Å². The zero-order chi connectivity index (χ0) is 74.2. The molecule has 2 N–H and O–H groups in total. The van der Waals surface area contributed by atoms with Crippen molar-refractivity contribution in [2.75, 3.05) is 0 Å². The van der Waals surface area contributed by atoms with Crippen LogP contribution in [0.4, 0.5) is 0 Å². The van der Waals surface area contributed by atoms with Crippen molar-refractivity contribution in [3.63, 3.8) is 0 Å². The van der Waals surface area contributed by atoms with Crippen LogP contribution in [0.1, 0.15) is 21.9 Å². The van der Waals surface area contributed by atoms with Crippen LogP contribution in [0.2, 0.25) is 0 Å². The molecular formula is C84H54BBrO2S2. The third kappa shape index (κ3) is 9.73. The van der Waals surface area contributed by atoms with Gasteiger partial charge in [-0.2, -0.15) is 0 Å². The first-order valence-corrected chi connectivity index (χ1v) is 31.4. The van der Waals surface area contributed by atoms with E-state index in [1.165, 1.54) is 10.8 Å². The number of halogens is 1. The molecular weight excluding hydrogens is 1200 g/mol. The normalized spacial score (nSPS) is 14.0. The second-order valence-corrected chi connectivity index (χ2v) is 24.5. The summed E-state index contributed by atoms with van der Waals surface area (Å²) in [6, 6.07) is 65.8. The third-order valence-corrected chi connectivity index (χ3v) is 19.9. The van der Waals surface area contributed by atoms with Gasteiger partial charge in [0.25, 0.3) is 0 Å². The Morgan fingerprint density at radius 2 is 0.589 bits per heavy atom. The summed E-state index contributed by atoms with van der Waals surface area (Å²) in [5, 5.41) is 28.5. The summed E-state index contributed by atoms with van der Waals surface area (Å²) in [5.41, 5.74) is 7.68. The molecule has 424 valence electrons. The maximum atomic E-state index is 9.33. The molecule has 0 bridgehead atoms. The molecule has 0 fully saturated rings. The zero-order valence-corrected chi connectivity index (χ0v) is 50.7. The molecule has 16 aromatic carbocycles. The van der Waals surface area contributed by atoms with Crippen LogP contribution < -0.4 is 5.46 Å². The van der Waals surface area contributed by atoms with E-state index in [1.54, 1.807) is 34.8 Å². The summed E-state index contributed by atoms with van der Waals surface area (Å²) in [6.07, 6.45) is 0. The Morgan fingerprint density at radius 3 is 1.02 bits per heavy atom. The van der Waals surface area contributed by atoms with Crippen molar-refractivity contribution in [3.8, 4) is 55.6 Å². The highest BCUT2D eigenvalue weighted by Crippen LogP contribution is 2.50. The van der Waals surface area contributed by atoms with Crippen LogP contribution in [-0.4, -0.2) is 17.2 Å². The van der Waals surface area contributed by atoms with Crippen LogP contribution in [0.3, 0.4) is 0 Å². The van der Waals surface area contributed by atoms with E-state index < -0.39 is 55.5 Å². The Labute approximate surface area is 560 Å². The predicted octanol–water partition coefficient (Wildman–Crippen LogP) is 23.5. The van der Waals surface area contributed by atoms with Gasteiger partial charge in [-0.05, 0) is 143 Å². The molecule has 0 aliphatic heterocycles. The highest BCUT2D eigenvalue weighted by atomic mass is 79.9. The van der Waals surface area contributed by atoms with Crippen LogP contribution in [0.15, 0.2) is 320 Å². The summed E-state index contributed by atoms with van der Waals surface area (Å²) in [7, 11) is -1.42. The summed E-state index contributed by atoms with van der Waals surface area (Å²) in [6.45, 7) is 0. The number of benzene rings is 16. The van der Waals surface area contributed by atoms with Crippen LogP contribution in [-0.2, 0) is 0 Å². The van der Waals surface area contributed by atoms with Gasteiger partial charge in [-0.25, -0.2) is 0 Å². The lowest BCUT2D eigenvalue weighted by molar-refractivity contribution is 0.426.